The van der Waals surface area contributed by atoms with Crippen molar-refractivity contribution in [1.82, 2.24) is 20.2 Å². The van der Waals surface area contributed by atoms with Crippen LogP contribution in [0.2, 0.25) is 0 Å². The molecule has 1 aromatic heterocycles. The molecular formula is C26H43BN4O7S. The predicted octanol–water partition coefficient (Wildman–Crippen LogP) is 2.34. The van der Waals surface area contributed by atoms with Gasteiger partial charge in [0.05, 0.1) is 17.0 Å². The molecule has 11 nitrogen and oxygen atoms in total. The first-order valence-corrected chi connectivity index (χ1v) is 15.2. The number of rotatable bonds is 7. The molecule has 2 saturated heterocycles. The molecule has 1 N–H and O–H groups in total. The van der Waals surface area contributed by atoms with Crippen molar-refractivity contribution in [2.24, 2.45) is 11.8 Å². The van der Waals surface area contributed by atoms with Crippen LogP contribution >= 0.6 is 0 Å². The maximum Gasteiger partial charge on any atom is 0.498 e. The first-order chi connectivity index (χ1) is 17.8. The number of nitrogens with zero attached hydrogens (tertiary/aromatic N) is 3. The molecule has 218 valence electrons. The first kappa shape index (κ1) is 31.3. The smallest absolute Gasteiger partial charge is 0.444 e. The van der Waals surface area contributed by atoms with Gasteiger partial charge in [0.2, 0.25) is 20.9 Å². The van der Waals surface area contributed by atoms with E-state index < -0.39 is 45.9 Å². The molecule has 0 bridgehead atoms. The van der Waals surface area contributed by atoms with Crippen LogP contribution in [0.4, 0.5) is 4.79 Å². The molecular weight excluding hydrogens is 523 g/mol. The van der Waals surface area contributed by atoms with Gasteiger partial charge in [0.25, 0.3) is 0 Å². The standard InChI is InChI=1S/C26H43BN4O7S/c1-17(2)20(30-23(33)36-24(3,4)5)21(32)31-12-10-11-18(15-31)16-39(34,35)22-28-13-19(14-29-22)27-37-25(6,7)26(8,9)38-27/h13-14,17-18,20H,10-12,15-16H2,1-9H3,(H,30,33)/t18-,20+/m1/s1. The van der Waals surface area contributed by atoms with Gasteiger partial charge < -0.3 is 24.3 Å². The zero-order chi connectivity index (χ0) is 29.4. The largest absolute Gasteiger partial charge is 0.498 e. The van der Waals surface area contributed by atoms with E-state index in [9.17, 15) is 18.0 Å². The van der Waals surface area contributed by atoms with Crippen molar-refractivity contribution in [2.45, 2.75) is 103 Å². The second-order valence-electron chi connectivity index (χ2n) is 12.8. The van der Waals surface area contributed by atoms with E-state index >= 15 is 0 Å². The lowest BCUT2D eigenvalue weighted by Gasteiger charge is -2.36. The maximum absolute atomic E-state index is 13.3. The number of aromatic nitrogens is 2. The number of sulfone groups is 1. The highest BCUT2D eigenvalue weighted by atomic mass is 32.2. The summed E-state index contributed by atoms with van der Waals surface area (Å²) in [5.74, 6) is -0.891. The molecule has 2 aliphatic rings. The van der Waals surface area contributed by atoms with Gasteiger partial charge in [-0.3, -0.25) is 4.79 Å². The summed E-state index contributed by atoms with van der Waals surface area (Å²) >= 11 is 0. The molecule has 0 aliphatic carbocycles. The molecule has 2 fully saturated rings. The molecule has 3 heterocycles. The van der Waals surface area contributed by atoms with Crippen LogP contribution in [0.5, 0.6) is 0 Å². The summed E-state index contributed by atoms with van der Waals surface area (Å²) in [5, 5.41) is 2.42. The molecule has 39 heavy (non-hydrogen) atoms. The summed E-state index contributed by atoms with van der Waals surface area (Å²) in [7, 11) is -4.49. The van der Waals surface area contributed by atoms with Gasteiger partial charge in [-0.25, -0.2) is 23.2 Å². The Balaban J connectivity index is 1.65. The number of carbonyl (C=O) groups is 2. The Kier molecular flexibility index (Phi) is 9.08. The highest BCUT2D eigenvalue weighted by Gasteiger charge is 2.52. The lowest BCUT2D eigenvalue weighted by atomic mass is 9.81. The number of likely N-dealkylation sites (tertiary alicyclic amines) is 1. The third kappa shape index (κ3) is 7.70. The fourth-order valence-electron chi connectivity index (χ4n) is 4.52. The number of nitrogens with one attached hydrogen (secondary N) is 1. The Morgan fingerprint density at radius 2 is 1.72 bits per heavy atom. The van der Waals surface area contributed by atoms with Crippen LogP contribution < -0.4 is 10.8 Å². The summed E-state index contributed by atoms with van der Waals surface area (Å²) in [5.41, 5.74) is -1.23. The van der Waals surface area contributed by atoms with Crippen molar-refractivity contribution < 1.29 is 32.1 Å². The summed E-state index contributed by atoms with van der Waals surface area (Å²) in [6.45, 7) is 17.4. The van der Waals surface area contributed by atoms with Crippen LogP contribution in [0.15, 0.2) is 17.6 Å². The van der Waals surface area contributed by atoms with Gasteiger partial charge in [0, 0.05) is 30.9 Å². The van der Waals surface area contributed by atoms with Crippen LogP contribution in [0.25, 0.3) is 0 Å². The third-order valence-electron chi connectivity index (χ3n) is 7.34. The lowest BCUT2D eigenvalue weighted by molar-refractivity contribution is -0.136. The molecule has 0 radical (unpaired) electrons. The highest BCUT2D eigenvalue weighted by molar-refractivity contribution is 7.91. The Bertz CT molecular complexity index is 1130. The first-order valence-electron chi connectivity index (χ1n) is 13.5. The van der Waals surface area contributed by atoms with Gasteiger partial charge >= 0.3 is 13.2 Å². The third-order valence-corrected chi connectivity index (χ3v) is 9.02. The zero-order valence-corrected chi connectivity index (χ0v) is 25.4. The van der Waals surface area contributed by atoms with Crippen molar-refractivity contribution in [1.29, 1.82) is 0 Å². The molecule has 0 unspecified atom stereocenters. The van der Waals surface area contributed by atoms with Crippen molar-refractivity contribution in [3.63, 3.8) is 0 Å². The van der Waals surface area contributed by atoms with Gasteiger partial charge in [-0.05, 0) is 73.1 Å². The van der Waals surface area contributed by atoms with Crippen molar-refractivity contribution >= 4 is 34.4 Å². The number of alkyl carbamates (subject to hydrolysis) is 1. The van der Waals surface area contributed by atoms with E-state index in [0.717, 1.165) is 0 Å². The summed E-state index contributed by atoms with van der Waals surface area (Å²) < 4.78 is 43.7. The van der Waals surface area contributed by atoms with Crippen molar-refractivity contribution in [3.05, 3.63) is 12.4 Å². The fraction of sp³-hybridized carbons (Fsp3) is 0.769. The topological polar surface area (TPSA) is 137 Å². The Hall–Kier alpha value is -2.25. The molecule has 3 rings (SSSR count). The van der Waals surface area contributed by atoms with Gasteiger partial charge in [0.1, 0.15) is 11.6 Å². The summed E-state index contributed by atoms with van der Waals surface area (Å²) in [6, 6.07) is -0.777. The van der Waals surface area contributed by atoms with Gasteiger partial charge in [0.15, 0.2) is 0 Å². The molecule has 0 aromatic carbocycles. The van der Waals surface area contributed by atoms with E-state index in [-0.39, 0.29) is 35.2 Å². The van der Waals surface area contributed by atoms with Crippen molar-refractivity contribution in [2.75, 3.05) is 18.8 Å². The van der Waals surface area contributed by atoms with E-state index in [0.29, 0.717) is 24.8 Å². The van der Waals surface area contributed by atoms with Gasteiger partial charge in [-0.15, -0.1) is 0 Å². The molecule has 13 heteroatoms. The van der Waals surface area contributed by atoms with Crippen LogP contribution in [0.3, 0.4) is 0 Å². The SMILES string of the molecule is CC(C)[C@H](NC(=O)OC(C)(C)C)C(=O)N1CCC[C@@H](CS(=O)(=O)c2ncc(B3OC(C)(C)C(C)(C)O3)cn2)C1. The molecule has 1 aromatic rings. The summed E-state index contributed by atoms with van der Waals surface area (Å²) in [6.07, 6.45) is 3.50. The molecule has 0 spiro atoms. The second kappa shape index (κ2) is 11.3. The normalized spacial score (nSPS) is 22.1. The van der Waals surface area contributed by atoms with Crippen LogP contribution in [0, 0.1) is 11.8 Å². The zero-order valence-electron chi connectivity index (χ0n) is 24.6. The van der Waals surface area contributed by atoms with Crippen LogP contribution in [-0.2, 0) is 28.7 Å². The Morgan fingerprint density at radius 3 is 2.23 bits per heavy atom. The van der Waals surface area contributed by atoms with E-state index in [1.165, 1.54) is 12.4 Å². The Labute approximate surface area is 232 Å². The van der Waals surface area contributed by atoms with Crippen LogP contribution in [-0.4, -0.2) is 84.1 Å². The molecule has 2 amide bonds. The number of hydrogen-bond donors (Lipinski definition) is 1. The van der Waals surface area contributed by atoms with Gasteiger partial charge in [-0.1, -0.05) is 13.8 Å². The van der Waals surface area contributed by atoms with Crippen LogP contribution in [0.1, 0.15) is 75.2 Å². The van der Waals surface area contributed by atoms with Crippen molar-refractivity contribution in [3.8, 4) is 0 Å². The van der Waals surface area contributed by atoms with E-state index in [1.807, 2.05) is 41.5 Å². The van der Waals surface area contributed by atoms with E-state index in [1.54, 1.807) is 25.7 Å². The quantitative estimate of drug-likeness (QED) is 0.389. The molecule has 0 saturated carbocycles. The average Bonchev–Trinajstić information content (AvgIpc) is 3.02. The predicted molar refractivity (Wildman–Crippen MR) is 147 cm³/mol. The maximum atomic E-state index is 13.3. The monoisotopic (exact) mass is 566 g/mol. The molecule has 2 aliphatic heterocycles. The number of carbonyl (C=O) groups excluding carboxylic acids is 2. The molecule has 2 atom stereocenters. The number of hydrogen-bond acceptors (Lipinski definition) is 9. The minimum absolute atomic E-state index is 0.176. The minimum Gasteiger partial charge on any atom is -0.444 e. The number of ether oxygens (including phenoxy) is 1. The number of amides is 2. The van der Waals surface area contributed by atoms with Gasteiger partial charge in [-0.2, -0.15) is 0 Å². The van der Waals surface area contributed by atoms with E-state index in [4.69, 9.17) is 14.0 Å². The summed E-state index contributed by atoms with van der Waals surface area (Å²) in [4.78, 5) is 35.5. The Morgan fingerprint density at radius 1 is 1.15 bits per heavy atom. The minimum atomic E-state index is -3.80. The number of piperidine rings is 1. The highest BCUT2D eigenvalue weighted by Crippen LogP contribution is 2.36. The average molecular weight is 567 g/mol. The fourth-order valence-corrected chi connectivity index (χ4v) is 5.99. The lowest BCUT2D eigenvalue weighted by Crippen LogP contribution is -2.54. The second-order valence-corrected chi connectivity index (χ2v) is 14.8. The van der Waals surface area contributed by atoms with E-state index in [2.05, 4.69) is 15.3 Å².